The summed E-state index contributed by atoms with van der Waals surface area (Å²) in [6, 6.07) is 0. The van der Waals surface area contributed by atoms with E-state index in [0.29, 0.717) is 13.2 Å². The molecule has 0 N–H and O–H groups in total. The normalized spacial score (nSPS) is 11.9. The molecule has 0 radical (unpaired) electrons. The average Bonchev–Trinajstić information content (AvgIpc) is 2.02. The summed E-state index contributed by atoms with van der Waals surface area (Å²) in [5.41, 5.74) is 0. The van der Waals surface area contributed by atoms with Crippen LogP contribution in [0.1, 0.15) is 27.2 Å². The summed E-state index contributed by atoms with van der Waals surface area (Å²) in [5.74, 6) is 0. The number of rotatable bonds is 7. The first-order valence-electron chi connectivity index (χ1n) is 4.22. The molecule has 0 heterocycles. The molecule has 0 aliphatic rings. The molecule has 0 aromatic heterocycles. The van der Waals surface area contributed by atoms with Crippen molar-refractivity contribution >= 4 is 20.8 Å². The van der Waals surface area contributed by atoms with Crippen molar-refractivity contribution in [3.8, 4) is 0 Å². The van der Waals surface area contributed by atoms with Crippen molar-refractivity contribution in [2.75, 3.05) is 13.2 Å². The molecular weight excluding hydrogens is 242 g/mol. The van der Waals surface area contributed by atoms with Crippen molar-refractivity contribution in [1.82, 2.24) is 0 Å². The molecule has 5 heteroatoms. The summed E-state index contributed by atoms with van der Waals surface area (Å²) < 4.78 is 22.0. The molecule has 0 atom stereocenters. The predicted octanol–water partition coefficient (Wildman–Crippen LogP) is 2.70. The van der Waals surface area contributed by atoms with E-state index < -0.39 is 6.29 Å². The Morgan fingerprint density at radius 3 is 2.00 bits per heavy atom. The maximum atomic E-state index is 11.8. The summed E-state index contributed by atoms with van der Waals surface area (Å²) in [6.45, 7) is 6.71. The first-order chi connectivity index (χ1) is 5.68. The molecule has 0 aliphatic carbocycles. The third kappa shape index (κ3) is 5.34. The Balaban J connectivity index is 3.90. The minimum absolute atomic E-state index is 0.00618. The van der Waals surface area contributed by atoms with Gasteiger partial charge in [0.2, 0.25) is 0 Å². The Labute approximate surface area is 80.5 Å². The van der Waals surface area contributed by atoms with Crippen LogP contribution in [0.3, 0.4) is 0 Å². The fourth-order valence-electron chi connectivity index (χ4n) is 0.631. The van der Waals surface area contributed by atoms with Gasteiger partial charge in [0.15, 0.2) is 0 Å². The molecule has 74 valence electrons. The van der Waals surface area contributed by atoms with Crippen molar-refractivity contribution < 1.29 is 13.6 Å². The molecule has 0 amide bonds. The van der Waals surface area contributed by atoms with Crippen LogP contribution in [0, 0.1) is 0 Å². The second-order valence-electron chi connectivity index (χ2n) is 2.12. The number of hydrogen-bond donors (Lipinski definition) is 0. The second kappa shape index (κ2) is 7.11. The third-order valence-corrected chi connectivity index (χ3v) is 8.00. The van der Waals surface area contributed by atoms with Crippen LogP contribution in [-0.2, 0) is 13.6 Å². The van der Waals surface area contributed by atoms with Crippen molar-refractivity contribution in [3.63, 3.8) is 0 Å². The monoisotopic (exact) mass is 260 g/mol. The van der Waals surface area contributed by atoms with E-state index in [1.165, 1.54) is 0 Å². The molecule has 3 nitrogen and oxygen atoms in total. The van der Waals surface area contributed by atoms with E-state index in [-0.39, 0.29) is 14.5 Å². The molecule has 12 heavy (non-hydrogen) atoms. The van der Waals surface area contributed by atoms with Gasteiger partial charge in [0.05, 0.1) is 0 Å². The molecule has 0 aromatic rings. The summed E-state index contributed by atoms with van der Waals surface area (Å²) in [4.78, 5) is 0. The molecule has 0 saturated carbocycles. The van der Waals surface area contributed by atoms with E-state index in [0.717, 1.165) is 11.7 Å². The molecule has 0 saturated heterocycles. The predicted molar refractivity (Wildman–Crippen MR) is 51.7 cm³/mol. The van der Waals surface area contributed by atoms with Crippen LogP contribution in [0.15, 0.2) is 0 Å². The van der Waals surface area contributed by atoms with Crippen molar-refractivity contribution in [2.24, 2.45) is 0 Å². The van der Waals surface area contributed by atoms with E-state index in [2.05, 4.69) is 6.92 Å². The minimum atomic E-state index is -2.67. The summed E-state index contributed by atoms with van der Waals surface area (Å²) in [6.07, 6.45) is -1.63. The van der Waals surface area contributed by atoms with Gasteiger partial charge in [-0.05, 0) is 0 Å². The van der Waals surface area contributed by atoms with E-state index in [4.69, 9.17) is 9.05 Å². The first-order valence-corrected chi connectivity index (χ1v) is 9.19. The van der Waals surface area contributed by atoms with Gasteiger partial charge in [-0.2, -0.15) is 0 Å². The molecule has 0 spiro atoms. The van der Waals surface area contributed by atoms with E-state index in [9.17, 15) is 4.57 Å². The standard InChI is InChI=1S/C7H17O3PSe/c1-4-7-12-11(8,9-5-2)10-6-3/h4-7H2,1-3H3. The Morgan fingerprint density at radius 2 is 1.67 bits per heavy atom. The zero-order chi connectivity index (χ0) is 9.45. The van der Waals surface area contributed by atoms with Crippen LogP contribution in [-0.4, -0.2) is 27.7 Å². The quantitative estimate of drug-likeness (QED) is 0.521. The van der Waals surface area contributed by atoms with Crippen LogP contribution in [0.4, 0.5) is 0 Å². The molecule has 0 aliphatic heterocycles. The summed E-state index contributed by atoms with van der Waals surface area (Å²) >= 11 is -0.00618. The van der Waals surface area contributed by atoms with Crippen LogP contribution in [0.2, 0.25) is 5.32 Å². The van der Waals surface area contributed by atoms with Crippen LogP contribution in [0.25, 0.3) is 0 Å². The number of hydrogen-bond acceptors (Lipinski definition) is 3. The Morgan fingerprint density at radius 1 is 1.17 bits per heavy atom. The second-order valence-corrected chi connectivity index (χ2v) is 9.08. The zero-order valence-electron chi connectivity index (χ0n) is 7.91. The van der Waals surface area contributed by atoms with Gasteiger partial charge >= 0.3 is 80.1 Å². The SMILES string of the molecule is CCC[Se]P(=O)(OCC)OCC. The van der Waals surface area contributed by atoms with E-state index in [1.54, 1.807) is 0 Å². The fourth-order valence-corrected chi connectivity index (χ4v) is 6.72. The van der Waals surface area contributed by atoms with Gasteiger partial charge < -0.3 is 0 Å². The topological polar surface area (TPSA) is 35.5 Å². The Hall–Kier alpha value is 0.669. The van der Waals surface area contributed by atoms with Crippen molar-refractivity contribution in [1.29, 1.82) is 0 Å². The third-order valence-electron chi connectivity index (χ3n) is 1.03. The van der Waals surface area contributed by atoms with Crippen LogP contribution in [0.5, 0.6) is 0 Å². The molecule has 0 aromatic carbocycles. The molecule has 0 fully saturated rings. The average molecular weight is 259 g/mol. The van der Waals surface area contributed by atoms with Gasteiger partial charge in [-0.1, -0.05) is 0 Å². The van der Waals surface area contributed by atoms with Gasteiger partial charge in [0, 0.05) is 0 Å². The molecular formula is C7H17O3PSe. The molecule has 0 bridgehead atoms. The van der Waals surface area contributed by atoms with Crippen molar-refractivity contribution in [3.05, 3.63) is 0 Å². The Kier molecular flexibility index (Phi) is 7.51. The van der Waals surface area contributed by atoms with Gasteiger partial charge in [-0.25, -0.2) is 0 Å². The zero-order valence-corrected chi connectivity index (χ0v) is 10.5. The van der Waals surface area contributed by atoms with Crippen LogP contribution >= 0.6 is 6.29 Å². The maximum absolute atomic E-state index is 11.8. The fraction of sp³-hybridized carbons (Fsp3) is 1.00. The van der Waals surface area contributed by atoms with Crippen molar-refractivity contribution in [2.45, 2.75) is 32.5 Å². The molecule has 0 unspecified atom stereocenters. The van der Waals surface area contributed by atoms with Gasteiger partial charge in [-0.3, -0.25) is 0 Å². The Bertz CT molecular complexity index is 142. The first kappa shape index (κ1) is 12.7. The summed E-state index contributed by atoms with van der Waals surface area (Å²) in [7, 11) is 0. The van der Waals surface area contributed by atoms with Gasteiger partial charge in [0.1, 0.15) is 0 Å². The van der Waals surface area contributed by atoms with E-state index >= 15 is 0 Å². The van der Waals surface area contributed by atoms with Gasteiger partial charge in [0.25, 0.3) is 0 Å². The van der Waals surface area contributed by atoms with E-state index in [1.807, 2.05) is 13.8 Å². The summed E-state index contributed by atoms with van der Waals surface area (Å²) in [5, 5.41) is 0.963. The van der Waals surface area contributed by atoms with Crippen LogP contribution < -0.4 is 0 Å². The molecule has 0 rings (SSSR count). The van der Waals surface area contributed by atoms with Gasteiger partial charge in [-0.15, -0.1) is 0 Å².